The largest absolute Gasteiger partial charge is 2.00 e. The molecule has 0 amide bonds. The Hall–Kier alpha value is -0.784. The van der Waals surface area contributed by atoms with Crippen molar-refractivity contribution < 1.29 is 30.8 Å². The predicted molar refractivity (Wildman–Crippen MR) is 68.3 cm³/mol. The molecule has 0 heterocycles. The predicted octanol–water partition coefficient (Wildman–Crippen LogP) is -0.163. The first-order valence-electron chi connectivity index (χ1n) is 5.21. The van der Waals surface area contributed by atoms with Gasteiger partial charge in [0, 0.05) is 11.6 Å². The molecule has 2 nitrogen and oxygen atoms in total. The average Bonchev–Trinajstić information content (AvgIpc) is 2.38. The summed E-state index contributed by atoms with van der Waals surface area (Å²) in [5.41, 5.74) is 0.918. The van der Waals surface area contributed by atoms with E-state index in [0.29, 0.717) is 0 Å². The molecule has 0 fully saturated rings. The Morgan fingerprint density at radius 3 is 2.68 bits per heavy atom. The Bertz CT molecular complexity index is 508. The van der Waals surface area contributed by atoms with Gasteiger partial charge in [-0.05, 0) is 17.7 Å². The third kappa shape index (κ3) is 5.38. The Balaban J connectivity index is 0.00000162. The van der Waals surface area contributed by atoms with Crippen LogP contribution in [-0.4, -0.2) is 30.2 Å². The molecule has 0 aliphatic carbocycles. The van der Waals surface area contributed by atoms with E-state index in [4.69, 9.17) is 9.47 Å². The molecule has 0 bridgehead atoms. The van der Waals surface area contributed by atoms with E-state index in [-0.39, 0.29) is 52.4 Å². The molecular weight excluding hydrogens is 323 g/mol. The Labute approximate surface area is 138 Å². The zero-order valence-electron chi connectivity index (χ0n) is 10.5. The van der Waals surface area contributed by atoms with Crippen molar-refractivity contribution in [2.24, 2.45) is 0 Å². The van der Waals surface area contributed by atoms with Crippen LogP contribution in [-0.2, 0) is 6.61 Å². The van der Waals surface area contributed by atoms with E-state index in [1.807, 2.05) is 24.3 Å². The Kier molecular flexibility index (Phi) is 8.79. The van der Waals surface area contributed by atoms with Crippen molar-refractivity contribution in [2.75, 3.05) is 7.11 Å². The molecule has 0 aromatic heterocycles. The first-order valence-corrected chi connectivity index (χ1v) is 5.21. The monoisotopic (exact) mass is 334 g/mol. The first-order chi connectivity index (χ1) is 8.29. The quantitative estimate of drug-likeness (QED) is 0.571. The van der Waals surface area contributed by atoms with Crippen LogP contribution in [0, 0.1) is 11.9 Å². The molecule has 0 spiro atoms. The van der Waals surface area contributed by atoms with Gasteiger partial charge in [-0.3, -0.25) is 4.39 Å². The standard InChI is InChI=1S/C14H12FO2.BrH.Mg/c1-16-12-6-4-5-11(9-12)10-17-14-8-3-2-7-13(14)15;;/h2-7,9H,10H2,1H3;1H;/q-1;;+2/p-1. The fourth-order valence-corrected chi connectivity index (χ4v) is 1.43. The third-order valence-electron chi connectivity index (χ3n) is 2.29. The molecule has 0 N–H and O–H groups in total. The normalized spacial score (nSPS) is 8.95. The molecule has 0 aliphatic rings. The molecular formula is C14H12BrFMgO2. The van der Waals surface area contributed by atoms with Gasteiger partial charge in [-0.1, -0.05) is 12.1 Å². The number of para-hydroxylation sites is 1. The van der Waals surface area contributed by atoms with Crippen LogP contribution in [0.4, 0.5) is 4.39 Å². The molecule has 5 heteroatoms. The van der Waals surface area contributed by atoms with Crippen LogP contribution < -0.4 is 26.5 Å². The second kappa shape index (κ2) is 9.17. The summed E-state index contributed by atoms with van der Waals surface area (Å²) in [6.07, 6.45) is 0. The summed E-state index contributed by atoms with van der Waals surface area (Å²) in [5, 5.41) is 0. The van der Waals surface area contributed by atoms with Crippen LogP contribution in [0.3, 0.4) is 0 Å². The summed E-state index contributed by atoms with van der Waals surface area (Å²) >= 11 is 0. The topological polar surface area (TPSA) is 18.5 Å². The fourth-order valence-electron chi connectivity index (χ4n) is 1.43. The van der Waals surface area contributed by atoms with Gasteiger partial charge in [-0.25, -0.2) is 0 Å². The zero-order chi connectivity index (χ0) is 12.1. The maximum Gasteiger partial charge on any atom is 2.00 e. The van der Waals surface area contributed by atoms with E-state index < -0.39 is 5.82 Å². The molecule has 0 radical (unpaired) electrons. The van der Waals surface area contributed by atoms with Gasteiger partial charge >= 0.3 is 23.1 Å². The van der Waals surface area contributed by atoms with Crippen molar-refractivity contribution in [3.63, 3.8) is 0 Å². The summed E-state index contributed by atoms with van der Waals surface area (Å²) in [7, 11) is 1.60. The molecule has 0 aliphatic heterocycles. The van der Waals surface area contributed by atoms with Crippen LogP contribution in [0.1, 0.15) is 5.56 Å². The zero-order valence-corrected chi connectivity index (χ0v) is 13.5. The van der Waals surface area contributed by atoms with E-state index in [1.165, 1.54) is 6.07 Å². The van der Waals surface area contributed by atoms with Gasteiger partial charge in [0.2, 0.25) is 0 Å². The van der Waals surface area contributed by atoms with Crippen molar-refractivity contribution in [3.05, 3.63) is 59.9 Å². The first kappa shape index (κ1) is 18.2. The second-order valence-electron chi connectivity index (χ2n) is 3.49. The van der Waals surface area contributed by atoms with Crippen LogP contribution in [0.5, 0.6) is 11.5 Å². The van der Waals surface area contributed by atoms with Gasteiger partial charge in [0.1, 0.15) is 12.4 Å². The van der Waals surface area contributed by atoms with E-state index >= 15 is 0 Å². The molecule has 0 saturated heterocycles. The summed E-state index contributed by atoms with van der Waals surface area (Å²) in [6.45, 7) is 0.286. The van der Waals surface area contributed by atoms with Gasteiger partial charge in [0.25, 0.3) is 0 Å². The van der Waals surface area contributed by atoms with Gasteiger partial charge in [0.05, 0.1) is 7.11 Å². The number of halogens is 2. The van der Waals surface area contributed by atoms with Gasteiger partial charge in [0.15, 0.2) is 0 Å². The van der Waals surface area contributed by atoms with Crippen LogP contribution in [0.2, 0.25) is 0 Å². The second-order valence-corrected chi connectivity index (χ2v) is 3.49. The summed E-state index contributed by atoms with van der Waals surface area (Å²) in [5.74, 6) is 0.481. The average molecular weight is 335 g/mol. The van der Waals surface area contributed by atoms with Crippen LogP contribution >= 0.6 is 0 Å². The van der Waals surface area contributed by atoms with E-state index in [9.17, 15) is 4.39 Å². The number of ether oxygens (including phenoxy) is 2. The van der Waals surface area contributed by atoms with Crippen molar-refractivity contribution in [1.82, 2.24) is 0 Å². The van der Waals surface area contributed by atoms with Gasteiger partial charge in [-0.15, -0.1) is 12.1 Å². The van der Waals surface area contributed by atoms with Crippen LogP contribution in [0.25, 0.3) is 0 Å². The van der Waals surface area contributed by atoms with E-state index in [1.54, 1.807) is 19.2 Å². The van der Waals surface area contributed by atoms with Crippen LogP contribution in [0.15, 0.2) is 42.5 Å². The molecule has 19 heavy (non-hydrogen) atoms. The van der Waals surface area contributed by atoms with Crippen molar-refractivity contribution in [3.8, 4) is 11.5 Å². The van der Waals surface area contributed by atoms with Gasteiger partial charge < -0.3 is 26.5 Å². The smallest absolute Gasteiger partial charge is 1.00 e. The molecule has 2 aromatic carbocycles. The van der Waals surface area contributed by atoms with E-state index in [2.05, 4.69) is 6.07 Å². The minimum atomic E-state index is -0.407. The SMILES string of the molecule is COc1cccc(COc2[c-]cccc2F)c1.[Br-].[Mg+2]. The van der Waals surface area contributed by atoms with Crippen molar-refractivity contribution >= 4 is 23.1 Å². The summed E-state index contributed by atoms with van der Waals surface area (Å²) < 4.78 is 23.7. The Morgan fingerprint density at radius 2 is 2.00 bits per heavy atom. The number of hydrogen-bond donors (Lipinski definition) is 0. The molecule has 0 saturated carbocycles. The van der Waals surface area contributed by atoms with Crippen molar-refractivity contribution in [1.29, 1.82) is 0 Å². The third-order valence-corrected chi connectivity index (χ3v) is 2.29. The van der Waals surface area contributed by atoms with Gasteiger partial charge in [-0.2, -0.15) is 12.1 Å². The number of hydrogen-bond acceptors (Lipinski definition) is 2. The minimum Gasteiger partial charge on any atom is -1.00 e. The molecule has 96 valence electrons. The number of methoxy groups -OCH3 is 1. The number of benzene rings is 2. The summed E-state index contributed by atoms with van der Waals surface area (Å²) in [6, 6.07) is 14.7. The van der Waals surface area contributed by atoms with Crippen molar-refractivity contribution in [2.45, 2.75) is 6.61 Å². The van der Waals surface area contributed by atoms with E-state index in [0.717, 1.165) is 11.3 Å². The maximum atomic E-state index is 13.3. The molecule has 2 rings (SSSR count). The maximum absolute atomic E-state index is 13.3. The molecule has 2 aromatic rings. The minimum absolute atomic E-state index is 0. The summed E-state index contributed by atoms with van der Waals surface area (Å²) in [4.78, 5) is 0. The fraction of sp³-hybridized carbons (Fsp3) is 0.143. The Morgan fingerprint density at radius 1 is 1.21 bits per heavy atom. The molecule has 0 unspecified atom stereocenters. The molecule has 0 atom stereocenters. The number of rotatable bonds is 4.